The number of benzene rings is 1. The number of hydrogen-bond acceptors (Lipinski definition) is 8. The van der Waals surface area contributed by atoms with Crippen molar-refractivity contribution in [1.82, 2.24) is 14.9 Å². The first-order valence-electron chi connectivity index (χ1n) is 11.4. The number of anilines is 1. The van der Waals surface area contributed by atoms with Crippen molar-refractivity contribution in [2.24, 2.45) is 0 Å². The van der Waals surface area contributed by atoms with Crippen molar-refractivity contribution < 1.29 is 0 Å². The summed E-state index contributed by atoms with van der Waals surface area (Å²) < 4.78 is 0. The van der Waals surface area contributed by atoms with Crippen LogP contribution in [-0.4, -0.2) is 33.5 Å². The Kier molecular flexibility index (Phi) is 7.68. The van der Waals surface area contributed by atoms with Crippen molar-refractivity contribution >= 4 is 40.5 Å². The van der Waals surface area contributed by atoms with Crippen LogP contribution in [0.4, 0.5) is 5.82 Å². The lowest BCUT2D eigenvalue weighted by atomic mass is 9.83. The van der Waals surface area contributed by atoms with Crippen molar-refractivity contribution in [1.29, 1.82) is 10.5 Å². The molecule has 0 unspecified atom stereocenters. The maximum atomic E-state index is 10.1. The highest BCUT2D eigenvalue weighted by molar-refractivity contribution is 7.98. The van der Waals surface area contributed by atoms with E-state index < -0.39 is 0 Å². The molecule has 1 saturated heterocycles. The lowest BCUT2D eigenvalue weighted by molar-refractivity contribution is 0.102. The quantitative estimate of drug-likeness (QED) is 0.384. The highest BCUT2D eigenvalue weighted by atomic mass is 35.5. The molecule has 3 aromatic rings. The highest BCUT2D eigenvalue weighted by Gasteiger charge is 2.32. The van der Waals surface area contributed by atoms with Gasteiger partial charge in [-0.1, -0.05) is 35.5 Å². The molecule has 0 bridgehead atoms. The fourth-order valence-corrected chi connectivity index (χ4v) is 6.37. The van der Waals surface area contributed by atoms with Crippen molar-refractivity contribution in [2.75, 3.05) is 18.8 Å². The van der Waals surface area contributed by atoms with Gasteiger partial charge in [-0.3, -0.25) is 4.90 Å². The Morgan fingerprint density at radius 3 is 2.37 bits per heavy atom. The van der Waals surface area contributed by atoms with E-state index in [0.717, 1.165) is 47.8 Å². The molecule has 9 heteroatoms. The van der Waals surface area contributed by atoms with Gasteiger partial charge in [-0.2, -0.15) is 10.5 Å². The average molecular weight is 523 g/mol. The molecule has 0 saturated carbocycles. The third-order valence-electron chi connectivity index (χ3n) is 6.31. The zero-order valence-electron chi connectivity index (χ0n) is 20.0. The Morgan fingerprint density at radius 2 is 1.77 bits per heavy atom. The maximum absolute atomic E-state index is 10.1. The van der Waals surface area contributed by atoms with Gasteiger partial charge in [0, 0.05) is 27.3 Å². The summed E-state index contributed by atoms with van der Waals surface area (Å²) in [6, 6.07) is 12.2. The normalized spacial score (nSPS) is 15.0. The lowest BCUT2D eigenvalue weighted by Crippen LogP contribution is -2.45. The number of nitrogens with zero attached hydrogens (tertiary/aromatic N) is 5. The number of nitrogens with two attached hydrogens (primary N) is 1. The van der Waals surface area contributed by atoms with Gasteiger partial charge < -0.3 is 5.73 Å². The van der Waals surface area contributed by atoms with E-state index >= 15 is 0 Å². The number of thiazole rings is 1. The number of likely N-dealkylation sites (tertiary alicyclic amines) is 1. The molecule has 1 aromatic carbocycles. The van der Waals surface area contributed by atoms with Crippen molar-refractivity contribution in [3.63, 3.8) is 0 Å². The van der Waals surface area contributed by atoms with Crippen LogP contribution in [-0.2, 0) is 5.75 Å². The van der Waals surface area contributed by atoms with E-state index in [9.17, 15) is 10.5 Å². The molecule has 1 fully saturated rings. The molecule has 6 nitrogen and oxygen atoms in total. The number of halogens is 1. The van der Waals surface area contributed by atoms with Crippen LogP contribution in [0.25, 0.3) is 10.6 Å². The molecule has 3 heterocycles. The minimum atomic E-state index is 0.0950. The number of aromatic nitrogens is 2. The average Bonchev–Trinajstić information content (AvgIpc) is 3.31. The molecule has 0 radical (unpaired) electrons. The summed E-state index contributed by atoms with van der Waals surface area (Å²) in [5, 5.41) is 24.1. The predicted octanol–water partition coefficient (Wildman–Crippen LogP) is 6.45. The smallest absolute Gasteiger partial charge is 0.143 e. The number of piperidine rings is 1. The zero-order valence-corrected chi connectivity index (χ0v) is 22.4. The third-order valence-corrected chi connectivity index (χ3v) is 8.51. The van der Waals surface area contributed by atoms with Crippen LogP contribution in [0.15, 0.2) is 34.7 Å². The summed E-state index contributed by atoms with van der Waals surface area (Å²) in [6.45, 7) is 8.47. The number of pyridine rings is 1. The van der Waals surface area contributed by atoms with Gasteiger partial charge in [0.05, 0.1) is 16.8 Å². The number of nitrogen functional groups attached to an aromatic ring is 1. The van der Waals surface area contributed by atoms with Crippen LogP contribution in [0.1, 0.15) is 61.9 Å². The van der Waals surface area contributed by atoms with Gasteiger partial charge in [0.25, 0.3) is 0 Å². The molecule has 4 rings (SSSR count). The minimum Gasteiger partial charge on any atom is -0.383 e. The molecular formula is C26H27ClN6S2. The van der Waals surface area contributed by atoms with Crippen LogP contribution in [0.5, 0.6) is 0 Å². The Labute approximate surface area is 219 Å². The van der Waals surface area contributed by atoms with Crippen LogP contribution < -0.4 is 5.73 Å². The van der Waals surface area contributed by atoms with E-state index in [0.29, 0.717) is 26.9 Å². The van der Waals surface area contributed by atoms with Gasteiger partial charge in [0.2, 0.25) is 0 Å². The van der Waals surface area contributed by atoms with E-state index in [2.05, 4.69) is 42.8 Å². The molecule has 2 N–H and O–H groups in total. The highest BCUT2D eigenvalue weighted by Crippen LogP contribution is 2.39. The summed E-state index contributed by atoms with van der Waals surface area (Å²) in [7, 11) is 0. The molecule has 0 spiro atoms. The fourth-order valence-electron chi connectivity index (χ4n) is 4.42. The summed E-state index contributed by atoms with van der Waals surface area (Å²) in [5.74, 6) is 0.861. The fraction of sp³-hybridized carbons (Fsp3) is 0.385. The monoisotopic (exact) mass is 522 g/mol. The molecule has 180 valence electrons. The minimum absolute atomic E-state index is 0.0950. The number of nitriles is 2. The van der Waals surface area contributed by atoms with E-state index in [1.807, 2.05) is 29.6 Å². The van der Waals surface area contributed by atoms with Gasteiger partial charge in [-0.25, -0.2) is 9.97 Å². The molecule has 0 amide bonds. The SMILES string of the molecule is CC(C)(C)N1CCC(c2c(C#N)c(N)nc(SCc3csc(-c4ccc(Cl)cc4)n3)c2C#N)CC1. The van der Waals surface area contributed by atoms with Gasteiger partial charge in [-0.15, -0.1) is 11.3 Å². The Hall–Kier alpha value is -2.62. The standard InChI is InChI=1S/C26H27ClN6S2/c1-26(2,3)33-10-8-16(9-11-33)22-20(12-28)23(30)32-25(21(22)13-29)35-15-19-14-34-24(31-19)17-4-6-18(27)7-5-17/h4-7,14,16H,8-11,15H2,1-3H3,(H2,30,32). The summed E-state index contributed by atoms with van der Waals surface area (Å²) in [4.78, 5) is 11.6. The molecule has 0 atom stereocenters. The second-order valence-corrected chi connectivity index (χ2v) is 11.8. The van der Waals surface area contributed by atoms with E-state index in [4.69, 9.17) is 22.3 Å². The number of thioether (sulfide) groups is 1. The topological polar surface area (TPSA) is 103 Å². The molecule has 35 heavy (non-hydrogen) atoms. The summed E-state index contributed by atoms with van der Waals surface area (Å²) in [6.07, 6.45) is 1.76. The van der Waals surface area contributed by atoms with Gasteiger partial charge in [0.15, 0.2) is 0 Å². The second kappa shape index (κ2) is 10.6. The van der Waals surface area contributed by atoms with Crippen molar-refractivity contribution in [2.45, 2.75) is 55.8 Å². The number of hydrogen-bond donors (Lipinski definition) is 1. The van der Waals surface area contributed by atoms with Crippen molar-refractivity contribution in [3.8, 4) is 22.7 Å². The van der Waals surface area contributed by atoms with Crippen LogP contribution in [0.3, 0.4) is 0 Å². The first-order valence-corrected chi connectivity index (χ1v) is 13.7. The van der Waals surface area contributed by atoms with Crippen LogP contribution in [0.2, 0.25) is 5.02 Å². The molecule has 0 aliphatic carbocycles. The Bertz CT molecular complexity index is 1290. The van der Waals surface area contributed by atoms with E-state index in [1.165, 1.54) is 11.8 Å². The molecule has 1 aliphatic rings. The largest absolute Gasteiger partial charge is 0.383 e. The molecular weight excluding hydrogens is 496 g/mol. The first-order chi connectivity index (χ1) is 16.7. The number of rotatable bonds is 5. The molecule has 1 aliphatic heterocycles. The summed E-state index contributed by atoms with van der Waals surface area (Å²) >= 11 is 9.00. The third kappa shape index (κ3) is 5.63. The molecule has 2 aromatic heterocycles. The first kappa shape index (κ1) is 25.5. The van der Waals surface area contributed by atoms with E-state index in [-0.39, 0.29) is 17.3 Å². The Morgan fingerprint density at radius 1 is 1.11 bits per heavy atom. The van der Waals surface area contributed by atoms with Crippen molar-refractivity contribution in [3.05, 3.63) is 57.1 Å². The Balaban J connectivity index is 1.58. The van der Waals surface area contributed by atoms with Crippen LogP contribution in [0, 0.1) is 22.7 Å². The van der Waals surface area contributed by atoms with E-state index in [1.54, 1.807) is 11.3 Å². The lowest BCUT2D eigenvalue weighted by Gasteiger charge is -2.41. The van der Waals surface area contributed by atoms with Crippen LogP contribution >= 0.6 is 34.7 Å². The van der Waals surface area contributed by atoms with Gasteiger partial charge in [0.1, 0.15) is 28.0 Å². The second-order valence-electron chi connectivity index (χ2n) is 9.56. The maximum Gasteiger partial charge on any atom is 0.143 e. The van der Waals surface area contributed by atoms with Gasteiger partial charge in [-0.05, 0) is 70.3 Å². The summed E-state index contributed by atoms with van der Waals surface area (Å²) in [5.41, 5.74) is 9.82. The van der Waals surface area contributed by atoms with Gasteiger partial charge >= 0.3 is 0 Å². The zero-order chi connectivity index (χ0) is 25.2. The predicted molar refractivity (Wildman–Crippen MR) is 144 cm³/mol.